The normalized spacial score (nSPS) is 9.20. The first-order chi connectivity index (χ1) is 4.86. The van der Waals surface area contributed by atoms with Gasteiger partial charge in [-0.1, -0.05) is 13.3 Å². The molecule has 1 rings (SSSR count). The van der Waals surface area contributed by atoms with Crippen molar-refractivity contribution >= 4 is 0 Å². The predicted octanol–water partition coefficient (Wildman–Crippen LogP) is 1.16. The fourth-order valence-electron chi connectivity index (χ4n) is 0.804. The number of hydrogen-bond acceptors (Lipinski definition) is 2. The largest absolute Gasteiger partial charge is 0.243 e. The summed E-state index contributed by atoms with van der Waals surface area (Å²) in [5.74, 6) is 0. The van der Waals surface area contributed by atoms with Gasteiger partial charge in [0.25, 0.3) is 0 Å². The third kappa shape index (κ3) is 1.35. The number of imidazole rings is 1. The van der Waals surface area contributed by atoms with E-state index in [0.717, 1.165) is 18.5 Å². The summed E-state index contributed by atoms with van der Waals surface area (Å²) in [7, 11) is 0. The molecular formula is C7H9N3. The fourth-order valence-corrected chi connectivity index (χ4v) is 0.804. The number of aromatic nitrogens is 2. The molecule has 0 N–H and O–H groups in total. The van der Waals surface area contributed by atoms with Gasteiger partial charge in [0.15, 0.2) is 6.19 Å². The van der Waals surface area contributed by atoms with Crippen LogP contribution in [0.5, 0.6) is 0 Å². The highest BCUT2D eigenvalue weighted by molar-refractivity contribution is 5.00. The fraction of sp³-hybridized carbons (Fsp3) is 0.429. The molecule has 0 unspecified atom stereocenters. The van der Waals surface area contributed by atoms with Crippen molar-refractivity contribution in [1.29, 1.82) is 5.26 Å². The van der Waals surface area contributed by atoms with Crippen LogP contribution >= 0.6 is 0 Å². The monoisotopic (exact) mass is 135 g/mol. The Morgan fingerprint density at radius 3 is 3.10 bits per heavy atom. The second-order valence-corrected chi connectivity index (χ2v) is 2.12. The molecule has 0 aromatic carbocycles. The van der Waals surface area contributed by atoms with E-state index in [0.29, 0.717) is 0 Å². The predicted molar refractivity (Wildman–Crippen MR) is 37.2 cm³/mol. The first-order valence-electron chi connectivity index (χ1n) is 3.29. The zero-order chi connectivity index (χ0) is 7.40. The van der Waals surface area contributed by atoms with E-state index in [4.69, 9.17) is 5.26 Å². The second-order valence-electron chi connectivity index (χ2n) is 2.12. The molecule has 0 saturated heterocycles. The van der Waals surface area contributed by atoms with Gasteiger partial charge in [-0.2, -0.15) is 5.26 Å². The van der Waals surface area contributed by atoms with Crippen molar-refractivity contribution in [1.82, 2.24) is 9.55 Å². The highest BCUT2D eigenvalue weighted by Crippen LogP contribution is 1.97. The van der Waals surface area contributed by atoms with Crippen LogP contribution in [0.3, 0.4) is 0 Å². The molecule has 0 spiro atoms. The van der Waals surface area contributed by atoms with Gasteiger partial charge < -0.3 is 0 Å². The van der Waals surface area contributed by atoms with Crippen molar-refractivity contribution in [2.45, 2.75) is 19.8 Å². The standard InChI is InChI=1S/C7H9N3/c1-2-3-7-4-10(5-8)6-9-7/h4,6H,2-3H2,1H3. The van der Waals surface area contributed by atoms with E-state index >= 15 is 0 Å². The molecule has 1 aromatic rings. The van der Waals surface area contributed by atoms with Crippen LogP contribution in [0.15, 0.2) is 12.5 Å². The average Bonchev–Trinajstić information content (AvgIpc) is 2.37. The minimum Gasteiger partial charge on any atom is -0.243 e. The van der Waals surface area contributed by atoms with E-state index in [2.05, 4.69) is 11.9 Å². The molecule has 3 heteroatoms. The molecule has 0 aliphatic heterocycles. The minimum absolute atomic E-state index is 0.953. The van der Waals surface area contributed by atoms with E-state index in [1.54, 1.807) is 6.20 Å². The Balaban J connectivity index is 2.71. The zero-order valence-corrected chi connectivity index (χ0v) is 5.91. The summed E-state index contributed by atoms with van der Waals surface area (Å²) in [6.07, 6.45) is 7.27. The number of hydrogen-bond donors (Lipinski definition) is 0. The summed E-state index contributed by atoms with van der Waals surface area (Å²) < 4.78 is 1.41. The van der Waals surface area contributed by atoms with Crippen molar-refractivity contribution < 1.29 is 0 Å². The summed E-state index contributed by atoms with van der Waals surface area (Å²) in [4.78, 5) is 4.02. The first kappa shape index (κ1) is 6.81. The summed E-state index contributed by atoms with van der Waals surface area (Å²) >= 11 is 0. The lowest BCUT2D eigenvalue weighted by Crippen LogP contribution is -1.81. The van der Waals surface area contributed by atoms with E-state index in [1.807, 2.05) is 6.19 Å². The topological polar surface area (TPSA) is 41.6 Å². The van der Waals surface area contributed by atoms with Crippen LogP contribution in [0, 0.1) is 11.5 Å². The molecule has 0 bridgehead atoms. The molecule has 1 heterocycles. The van der Waals surface area contributed by atoms with E-state index < -0.39 is 0 Å². The Morgan fingerprint density at radius 2 is 2.60 bits per heavy atom. The molecule has 0 atom stereocenters. The Morgan fingerprint density at radius 1 is 1.80 bits per heavy atom. The molecule has 0 radical (unpaired) electrons. The summed E-state index contributed by atoms with van der Waals surface area (Å²) in [6.45, 7) is 2.09. The van der Waals surface area contributed by atoms with Gasteiger partial charge in [-0.3, -0.25) is 0 Å². The minimum atomic E-state index is 0.953. The van der Waals surface area contributed by atoms with Gasteiger partial charge in [0, 0.05) is 6.20 Å². The van der Waals surface area contributed by atoms with Gasteiger partial charge in [0.2, 0.25) is 0 Å². The van der Waals surface area contributed by atoms with E-state index in [9.17, 15) is 0 Å². The third-order valence-electron chi connectivity index (χ3n) is 1.26. The van der Waals surface area contributed by atoms with Crippen molar-refractivity contribution in [2.75, 3.05) is 0 Å². The summed E-state index contributed by atoms with van der Waals surface area (Å²) in [5.41, 5.74) is 0.990. The lowest BCUT2D eigenvalue weighted by Gasteiger charge is -1.85. The molecule has 10 heavy (non-hydrogen) atoms. The smallest absolute Gasteiger partial charge is 0.189 e. The van der Waals surface area contributed by atoms with E-state index in [-0.39, 0.29) is 0 Å². The van der Waals surface area contributed by atoms with Crippen molar-refractivity contribution in [2.24, 2.45) is 0 Å². The van der Waals surface area contributed by atoms with Gasteiger partial charge in [0.1, 0.15) is 6.33 Å². The molecule has 0 saturated carbocycles. The average molecular weight is 135 g/mol. The molecule has 3 nitrogen and oxygen atoms in total. The van der Waals surface area contributed by atoms with Crippen LogP contribution < -0.4 is 0 Å². The number of nitriles is 1. The second kappa shape index (κ2) is 3.02. The van der Waals surface area contributed by atoms with Gasteiger partial charge in [-0.05, 0) is 6.42 Å². The maximum Gasteiger partial charge on any atom is 0.189 e. The van der Waals surface area contributed by atoms with Crippen LogP contribution in [-0.2, 0) is 6.42 Å². The quantitative estimate of drug-likeness (QED) is 0.610. The molecule has 0 fully saturated rings. The molecule has 1 aromatic heterocycles. The molecule has 52 valence electrons. The van der Waals surface area contributed by atoms with E-state index in [1.165, 1.54) is 10.9 Å². The maximum absolute atomic E-state index is 8.39. The molecular weight excluding hydrogens is 126 g/mol. The molecule has 0 amide bonds. The highest BCUT2D eigenvalue weighted by atomic mass is 15.0. The van der Waals surface area contributed by atoms with Crippen molar-refractivity contribution in [3.63, 3.8) is 0 Å². The van der Waals surface area contributed by atoms with Gasteiger partial charge >= 0.3 is 0 Å². The summed E-state index contributed by atoms with van der Waals surface area (Å²) in [5, 5.41) is 8.39. The third-order valence-corrected chi connectivity index (χ3v) is 1.26. The van der Waals surface area contributed by atoms with Crippen LogP contribution in [0.1, 0.15) is 19.0 Å². The molecule has 0 aliphatic rings. The number of nitrogens with zero attached hydrogens (tertiary/aromatic N) is 3. The zero-order valence-electron chi connectivity index (χ0n) is 5.91. The Labute approximate surface area is 59.9 Å². The lowest BCUT2D eigenvalue weighted by molar-refractivity contribution is 0.891. The van der Waals surface area contributed by atoms with Crippen molar-refractivity contribution in [3.8, 4) is 6.19 Å². The first-order valence-corrected chi connectivity index (χ1v) is 3.29. The Hall–Kier alpha value is -1.30. The van der Waals surface area contributed by atoms with Crippen molar-refractivity contribution in [3.05, 3.63) is 18.2 Å². The number of rotatable bonds is 2. The van der Waals surface area contributed by atoms with Crippen LogP contribution in [0.25, 0.3) is 0 Å². The number of aryl methyl sites for hydroxylation is 1. The maximum atomic E-state index is 8.39. The van der Waals surface area contributed by atoms with Gasteiger partial charge in [0.05, 0.1) is 5.69 Å². The Kier molecular flexibility index (Phi) is 2.06. The van der Waals surface area contributed by atoms with Crippen LogP contribution in [0.2, 0.25) is 0 Å². The van der Waals surface area contributed by atoms with Gasteiger partial charge in [-0.15, -0.1) is 0 Å². The Bertz CT molecular complexity index is 244. The SMILES string of the molecule is CCCc1cn(C#N)cn1. The molecule has 0 aliphatic carbocycles. The summed E-state index contributed by atoms with van der Waals surface area (Å²) in [6, 6.07) is 0. The van der Waals surface area contributed by atoms with Crippen LogP contribution in [-0.4, -0.2) is 9.55 Å². The van der Waals surface area contributed by atoms with Crippen LogP contribution in [0.4, 0.5) is 0 Å². The van der Waals surface area contributed by atoms with Gasteiger partial charge in [-0.25, -0.2) is 9.55 Å². The lowest BCUT2D eigenvalue weighted by atomic mass is 10.3. The highest BCUT2D eigenvalue weighted by Gasteiger charge is 1.94.